The third kappa shape index (κ3) is 4.58. The molecule has 4 rings (SSSR count). The lowest BCUT2D eigenvalue weighted by Gasteiger charge is -2.12. The highest BCUT2D eigenvalue weighted by molar-refractivity contribution is 7.99. The van der Waals surface area contributed by atoms with Gasteiger partial charge in [0.25, 0.3) is 0 Å². The Morgan fingerprint density at radius 1 is 1.10 bits per heavy atom. The second kappa shape index (κ2) is 8.63. The van der Waals surface area contributed by atoms with E-state index >= 15 is 0 Å². The number of aryl methyl sites for hydroxylation is 2. The van der Waals surface area contributed by atoms with Crippen LogP contribution < -0.4 is 5.32 Å². The molecule has 0 aliphatic carbocycles. The molecule has 0 bridgehead atoms. The minimum Gasteiger partial charge on any atom is -0.301 e. The zero-order valence-electron chi connectivity index (χ0n) is 16.1. The molecule has 29 heavy (non-hydrogen) atoms. The van der Waals surface area contributed by atoms with E-state index in [1.165, 1.54) is 28.7 Å². The maximum atomic E-state index is 12.4. The van der Waals surface area contributed by atoms with Crippen molar-refractivity contribution in [1.82, 2.24) is 14.5 Å². The highest BCUT2D eigenvalue weighted by atomic mass is 32.2. The smallest absolute Gasteiger partial charge is 0.236 e. The van der Waals surface area contributed by atoms with Crippen LogP contribution in [-0.2, 0) is 4.79 Å². The summed E-state index contributed by atoms with van der Waals surface area (Å²) in [5.41, 5.74) is 5.21. The number of thioether (sulfide) groups is 1. The third-order valence-corrected chi connectivity index (χ3v) is 6.12. The topological polar surface area (TPSA) is 59.8 Å². The van der Waals surface area contributed by atoms with Gasteiger partial charge in [-0.05, 0) is 26.0 Å². The second-order valence-corrected chi connectivity index (χ2v) is 8.39. The molecule has 0 aliphatic heterocycles. The van der Waals surface area contributed by atoms with E-state index in [0.717, 1.165) is 27.8 Å². The van der Waals surface area contributed by atoms with Gasteiger partial charge in [-0.2, -0.15) is 0 Å². The summed E-state index contributed by atoms with van der Waals surface area (Å²) in [4.78, 5) is 21.2. The van der Waals surface area contributed by atoms with Gasteiger partial charge in [-0.1, -0.05) is 59.8 Å². The van der Waals surface area contributed by atoms with E-state index in [-0.39, 0.29) is 11.7 Å². The van der Waals surface area contributed by atoms with Crippen LogP contribution in [0.25, 0.3) is 16.9 Å². The number of nitrogens with one attached hydrogen (secondary N) is 1. The van der Waals surface area contributed by atoms with Crippen LogP contribution in [0.3, 0.4) is 0 Å². The first kappa shape index (κ1) is 19.4. The van der Waals surface area contributed by atoms with Crippen LogP contribution in [0.5, 0.6) is 0 Å². The Kier molecular flexibility index (Phi) is 5.78. The first-order valence-corrected chi connectivity index (χ1v) is 11.0. The molecule has 0 spiro atoms. The molecule has 1 amide bonds. The van der Waals surface area contributed by atoms with E-state index < -0.39 is 0 Å². The fraction of sp³-hybridized carbons (Fsp3) is 0.136. The molecule has 2 aromatic heterocycles. The lowest BCUT2D eigenvalue weighted by Crippen LogP contribution is -2.14. The normalized spacial score (nSPS) is 10.8. The van der Waals surface area contributed by atoms with E-state index in [0.29, 0.717) is 5.13 Å². The van der Waals surface area contributed by atoms with Crippen LogP contribution in [0.1, 0.15) is 11.3 Å². The molecule has 5 nitrogen and oxygen atoms in total. The van der Waals surface area contributed by atoms with Crippen LogP contribution in [0.2, 0.25) is 0 Å². The number of carbonyl (C=O) groups excluding carboxylic acids is 1. The lowest BCUT2D eigenvalue weighted by atomic mass is 10.1. The van der Waals surface area contributed by atoms with Crippen molar-refractivity contribution in [2.75, 3.05) is 11.1 Å². The molecule has 1 N–H and O–H groups in total. The minimum absolute atomic E-state index is 0.0937. The number of imidazole rings is 1. The van der Waals surface area contributed by atoms with E-state index in [1.54, 1.807) is 0 Å². The number of amides is 1. The summed E-state index contributed by atoms with van der Waals surface area (Å²) in [5, 5.41) is 6.16. The lowest BCUT2D eigenvalue weighted by molar-refractivity contribution is -0.113. The molecule has 146 valence electrons. The molecule has 0 unspecified atom stereocenters. The molecule has 0 atom stereocenters. The average molecular weight is 421 g/mol. The monoisotopic (exact) mass is 420 g/mol. The Balaban J connectivity index is 1.59. The van der Waals surface area contributed by atoms with Crippen molar-refractivity contribution < 1.29 is 4.79 Å². The number of anilines is 1. The summed E-state index contributed by atoms with van der Waals surface area (Å²) >= 11 is 2.84. The minimum atomic E-state index is -0.0937. The van der Waals surface area contributed by atoms with Crippen LogP contribution in [0.4, 0.5) is 5.13 Å². The van der Waals surface area contributed by atoms with Crippen molar-refractivity contribution in [3.8, 4) is 16.9 Å². The molecule has 0 saturated heterocycles. The van der Waals surface area contributed by atoms with Gasteiger partial charge < -0.3 is 5.32 Å². The SMILES string of the molecule is Cc1ccc(-c2cnc(SCC(=O)Nc3nc(C)cs3)n2-c2ccccc2)cc1. The van der Waals surface area contributed by atoms with E-state index in [4.69, 9.17) is 0 Å². The number of rotatable bonds is 6. The first-order valence-electron chi connectivity index (χ1n) is 9.15. The summed E-state index contributed by atoms with van der Waals surface area (Å²) in [7, 11) is 0. The van der Waals surface area contributed by atoms with Crippen LogP contribution in [0, 0.1) is 13.8 Å². The van der Waals surface area contributed by atoms with Gasteiger partial charge in [0, 0.05) is 16.6 Å². The van der Waals surface area contributed by atoms with Crippen molar-refractivity contribution in [2.24, 2.45) is 0 Å². The molecule has 4 aromatic rings. The number of hydrogen-bond acceptors (Lipinski definition) is 5. The summed E-state index contributed by atoms with van der Waals surface area (Å²) in [6.45, 7) is 3.98. The van der Waals surface area contributed by atoms with E-state index in [1.807, 2.05) is 48.8 Å². The maximum absolute atomic E-state index is 12.4. The van der Waals surface area contributed by atoms with Gasteiger partial charge in [0.15, 0.2) is 10.3 Å². The predicted molar refractivity (Wildman–Crippen MR) is 120 cm³/mol. The van der Waals surface area contributed by atoms with Gasteiger partial charge >= 0.3 is 0 Å². The zero-order chi connectivity index (χ0) is 20.2. The maximum Gasteiger partial charge on any atom is 0.236 e. The summed E-state index contributed by atoms with van der Waals surface area (Å²) in [6.07, 6.45) is 1.86. The van der Waals surface area contributed by atoms with Crippen LogP contribution >= 0.6 is 23.1 Å². The fourth-order valence-electron chi connectivity index (χ4n) is 2.89. The van der Waals surface area contributed by atoms with Gasteiger partial charge in [-0.3, -0.25) is 9.36 Å². The van der Waals surface area contributed by atoms with Gasteiger partial charge in [0.05, 0.1) is 23.3 Å². The molecule has 2 aromatic carbocycles. The molecular formula is C22H20N4OS2. The number of thiazole rings is 1. The zero-order valence-corrected chi connectivity index (χ0v) is 17.8. The molecular weight excluding hydrogens is 400 g/mol. The number of nitrogens with zero attached hydrogens (tertiary/aromatic N) is 3. The summed E-state index contributed by atoms with van der Waals surface area (Å²) in [5.74, 6) is 0.166. The molecule has 2 heterocycles. The highest BCUT2D eigenvalue weighted by Gasteiger charge is 2.16. The van der Waals surface area contributed by atoms with Crippen molar-refractivity contribution in [2.45, 2.75) is 19.0 Å². The number of aromatic nitrogens is 3. The van der Waals surface area contributed by atoms with E-state index in [2.05, 4.69) is 51.0 Å². The molecule has 0 radical (unpaired) electrons. The van der Waals surface area contributed by atoms with Gasteiger partial charge in [0.1, 0.15) is 0 Å². The van der Waals surface area contributed by atoms with Crippen LogP contribution in [0.15, 0.2) is 71.3 Å². The Bertz CT molecular complexity index is 1120. The number of carbonyl (C=O) groups is 1. The third-order valence-electron chi connectivity index (χ3n) is 4.29. The Morgan fingerprint density at radius 3 is 2.55 bits per heavy atom. The molecule has 0 aliphatic rings. The summed E-state index contributed by atoms with van der Waals surface area (Å²) in [6, 6.07) is 18.4. The van der Waals surface area contributed by atoms with E-state index in [9.17, 15) is 4.79 Å². The molecule has 0 saturated carbocycles. The second-order valence-electron chi connectivity index (χ2n) is 6.59. The Morgan fingerprint density at radius 2 is 1.86 bits per heavy atom. The largest absolute Gasteiger partial charge is 0.301 e. The summed E-state index contributed by atoms with van der Waals surface area (Å²) < 4.78 is 2.09. The number of benzene rings is 2. The predicted octanol–water partition coefficient (Wildman–Crippen LogP) is 5.34. The standard InChI is InChI=1S/C22H20N4OS2/c1-15-8-10-17(11-9-15)19-12-23-22(26(19)18-6-4-3-5-7-18)29-14-20(27)25-21-24-16(2)13-28-21/h3-13H,14H2,1-2H3,(H,24,25,27). The van der Waals surface area contributed by atoms with Gasteiger partial charge in [-0.25, -0.2) is 9.97 Å². The highest BCUT2D eigenvalue weighted by Crippen LogP contribution is 2.30. The quantitative estimate of drug-likeness (QED) is 0.428. The Hall–Kier alpha value is -2.90. The van der Waals surface area contributed by atoms with Gasteiger partial charge in [0.2, 0.25) is 5.91 Å². The van der Waals surface area contributed by atoms with Crippen molar-refractivity contribution in [1.29, 1.82) is 0 Å². The average Bonchev–Trinajstić information content (AvgIpc) is 3.33. The van der Waals surface area contributed by atoms with Crippen molar-refractivity contribution in [3.05, 3.63) is 77.4 Å². The Labute approximate surface area is 177 Å². The number of para-hydroxylation sites is 1. The molecule has 7 heteroatoms. The number of hydrogen-bond donors (Lipinski definition) is 1. The molecule has 0 fully saturated rings. The van der Waals surface area contributed by atoms with Crippen molar-refractivity contribution in [3.63, 3.8) is 0 Å². The van der Waals surface area contributed by atoms with Crippen molar-refractivity contribution >= 4 is 34.1 Å². The fourth-order valence-corrected chi connectivity index (χ4v) is 4.38. The van der Waals surface area contributed by atoms with Gasteiger partial charge in [-0.15, -0.1) is 11.3 Å². The first-order chi connectivity index (χ1) is 14.1. The van der Waals surface area contributed by atoms with Crippen LogP contribution in [-0.4, -0.2) is 26.2 Å².